The third kappa shape index (κ3) is 2.84. The van der Waals surface area contributed by atoms with Gasteiger partial charge in [-0.3, -0.25) is 0 Å². The van der Waals surface area contributed by atoms with Gasteiger partial charge in [0, 0.05) is 12.7 Å². The van der Waals surface area contributed by atoms with Crippen LogP contribution in [0.1, 0.15) is 29.1 Å². The van der Waals surface area contributed by atoms with Gasteiger partial charge in [-0.2, -0.15) is 13.2 Å². The van der Waals surface area contributed by atoms with Crippen molar-refractivity contribution in [2.75, 3.05) is 20.1 Å². The second-order valence-electron chi connectivity index (χ2n) is 4.72. The van der Waals surface area contributed by atoms with Crippen LogP contribution in [0.25, 0.3) is 0 Å². The average molecular weight is 280 g/mol. The second-order valence-corrected chi connectivity index (χ2v) is 5.75. The van der Waals surface area contributed by atoms with Crippen molar-refractivity contribution in [1.29, 1.82) is 0 Å². The second kappa shape index (κ2) is 4.79. The molecule has 2 heterocycles. The Kier molecular flexibility index (Phi) is 3.66. The largest absolute Gasteiger partial charge is 0.443 e. The summed E-state index contributed by atoms with van der Waals surface area (Å²) in [5, 5.41) is 9.61. The summed E-state index contributed by atoms with van der Waals surface area (Å²) < 4.78 is 37.5. The van der Waals surface area contributed by atoms with Gasteiger partial charge in [0.05, 0.1) is 4.88 Å². The first-order chi connectivity index (χ1) is 8.31. The summed E-state index contributed by atoms with van der Waals surface area (Å²) in [5.74, 6) is 0. The molecule has 18 heavy (non-hydrogen) atoms. The number of hydrogen-bond acceptors (Lipinski definition) is 4. The highest BCUT2D eigenvalue weighted by Crippen LogP contribution is 2.40. The lowest BCUT2D eigenvalue weighted by Gasteiger charge is -2.24. The Morgan fingerprint density at radius 1 is 1.39 bits per heavy atom. The van der Waals surface area contributed by atoms with Gasteiger partial charge in [-0.1, -0.05) is 0 Å². The molecule has 1 aliphatic heterocycles. The lowest BCUT2D eigenvalue weighted by Crippen LogP contribution is -2.26. The van der Waals surface area contributed by atoms with Crippen LogP contribution in [0.4, 0.5) is 13.2 Å². The zero-order chi connectivity index (χ0) is 13.4. The summed E-state index contributed by atoms with van der Waals surface area (Å²) in [6.07, 6.45) is -1.56. The molecule has 7 heteroatoms. The molecule has 0 amide bonds. The van der Waals surface area contributed by atoms with Crippen LogP contribution >= 0.6 is 11.3 Å². The minimum atomic E-state index is -4.43. The van der Waals surface area contributed by atoms with Crippen molar-refractivity contribution in [2.24, 2.45) is 0 Å². The number of aliphatic hydroxyl groups is 1. The molecule has 0 bridgehead atoms. The van der Waals surface area contributed by atoms with E-state index in [0.717, 1.165) is 13.0 Å². The van der Waals surface area contributed by atoms with Crippen molar-refractivity contribution in [3.63, 3.8) is 0 Å². The van der Waals surface area contributed by atoms with Gasteiger partial charge in [0.15, 0.2) is 5.01 Å². The molecule has 102 valence electrons. The van der Waals surface area contributed by atoms with Gasteiger partial charge in [-0.15, -0.1) is 11.3 Å². The third-order valence-electron chi connectivity index (χ3n) is 3.24. The number of alkyl halides is 3. The van der Waals surface area contributed by atoms with E-state index in [1.54, 1.807) is 0 Å². The molecule has 2 rings (SSSR count). The molecule has 1 aromatic rings. The first-order valence-corrected chi connectivity index (χ1v) is 6.57. The normalized spacial score (nSPS) is 27.2. The SMILES string of the molecule is CN1CCCC(O)(c2cnc(C(F)(F)F)s2)CC1. The monoisotopic (exact) mass is 280 g/mol. The molecule has 1 fully saturated rings. The van der Waals surface area contributed by atoms with Crippen molar-refractivity contribution >= 4 is 11.3 Å². The van der Waals surface area contributed by atoms with Gasteiger partial charge in [-0.25, -0.2) is 4.98 Å². The minimum absolute atomic E-state index is 0.324. The predicted molar refractivity (Wildman–Crippen MR) is 62.4 cm³/mol. The Bertz CT molecular complexity index is 421. The van der Waals surface area contributed by atoms with Gasteiger partial charge in [0.2, 0.25) is 0 Å². The van der Waals surface area contributed by atoms with E-state index < -0.39 is 16.8 Å². The lowest BCUT2D eigenvalue weighted by atomic mass is 9.94. The quantitative estimate of drug-likeness (QED) is 0.858. The average Bonchev–Trinajstić information content (AvgIpc) is 2.70. The Labute approximate surface area is 107 Å². The fourth-order valence-corrected chi connectivity index (χ4v) is 3.05. The molecule has 1 unspecified atom stereocenters. The highest BCUT2D eigenvalue weighted by molar-refractivity contribution is 7.11. The molecular weight excluding hydrogens is 265 g/mol. The predicted octanol–water partition coefficient (Wildman–Crippen LogP) is 2.47. The maximum Gasteiger partial charge on any atom is 0.443 e. The maximum absolute atomic E-state index is 12.5. The van der Waals surface area contributed by atoms with E-state index in [1.165, 1.54) is 6.20 Å². The Hall–Kier alpha value is -0.660. The van der Waals surface area contributed by atoms with Gasteiger partial charge >= 0.3 is 6.18 Å². The fraction of sp³-hybridized carbons (Fsp3) is 0.727. The van der Waals surface area contributed by atoms with E-state index in [2.05, 4.69) is 9.88 Å². The molecule has 1 atom stereocenters. The van der Waals surface area contributed by atoms with Crippen LogP contribution in [0.3, 0.4) is 0 Å². The first kappa shape index (κ1) is 13.8. The summed E-state index contributed by atoms with van der Waals surface area (Å²) in [5.41, 5.74) is -1.16. The molecule has 0 saturated carbocycles. The van der Waals surface area contributed by atoms with Gasteiger partial charge < -0.3 is 10.0 Å². The van der Waals surface area contributed by atoms with E-state index in [1.807, 2.05) is 7.05 Å². The van der Waals surface area contributed by atoms with E-state index >= 15 is 0 Å². The molecule has 0 aliphatic carbocycles. The van der Waals surface area contributed by atoms with Crippen LogP contribution in [0.15, 0.2) is 6.20 Å². The van der Waals surface area contributed by atoms with E-state index in [9.17, 15) is 18.3 Å². The number of aromatic nitrogens is 1. The van der Waals surface area contributed by atoms with Crippen LogP contribution in [0, 0.1) is 0 Å². The number of nitrogens with zero attached hydrogens (tertiary/aromatic N) is 2. The molecule has 0 radical (unpaired) electrons. The zero-order valence-corrected chi connectivity index (χ0v) is 10.8. The number of likely N-dealkylation sites (tertiary alicyclic amines) is 1. The van der Waals surface area contributed by atoms with Crippen LogP contribution in [0.5, 0.6) is 0 Å². The molecule has 3 nitrogen and oxygen atoms in total. The van der Waals surface area contributed by atoms with Crippen molar-refractivity contribution in [2.45, 2.75) is 31.0 Å². The molecule has 1 aromatic heterocycles. The van der Waals surface area contributed by atoms with Crippen LogP contribution in [-0.4, -0.2) is 35.1 Å². The van der Waals surface area contributed by atoms with Gasteiger partial charge in [0.1, 0.15) is 5.60 Å². The van der Waals surface area contributed by atoms with Crippen molar-refractivity contribution in [3.05, 3.63) is 16.1 Å². The Morgan fingerprint density at radius 2 is 2.11 bits per heavy atom. The molecule has 1 saturated heterocycles. The van der Waals surface area contributed by atoms with Crippen molar-refractivity contribution < 1.29 is 18.3 Å². The lowest BCUT2D eigenvalue weighted by molar-refractivity contribution is -0.137. The van der Waals surface area contributed by atoms with E-state index in [-0.39, 0.29) is 0 Å². The smallest absolute Gasteiger partial charge is 0.384 e. The summed E-state index contributed by atoms with van der Waals surface area (Å²) in [7, 11) is 1.94. The molecule has 1 N–H and O–H groups in total. The summed E-state index contributed by atoms with van der Waals surface area (Å²) >= 11 is 0.551. The number of rotatable bonds is 1. The zero-order valence-electron chi connectivity index (χ0n) is 10.00. The highest BCUT2D eigenvalue weighted by Gasteiger charge is 2.39. The Balaban J connectivity index is 2.21. The van der Waals surface area contributed by atoms with Gasteiger partial charge in [0.25, 0.3) is 0 Å². The van der Waals surface area contributed by atoms with Crippen LogP contribution in [-0.2, 0) is 11.8 Å². The standard InChI is InChI=1S/C11H15F3N2OS/c1-16-5-2-3-10(17,4-6-16)8-7-15-9(18-8)11(12,13)14/h7,17H,2-6H2,1H3. The highest BCUT2D eigenvalue weighted by atomic mass is 32.1. The number of halogens is 3. The third-order valence-corrected chi connectivity index (χ3v) is 4.48. The summed E-state index contributed by atoms with van der Waals surface area (Å²) in [6.45, 7) is 1.53. The topological polar surface area (TPSA) is 36.4 Å². The fourth-order valence-electron chi connectivity index (χ4n) is 2.12. The first-order valence-electron chi connectivity index (χ1n) is 5.76. The molecule has 0 spiro atoms. The minimum Gasteiger partial charge on any atom is -0.384 e. The van der Waals surface area contributed by atoms with Crippen molar-refractivity contribution in [3.8, 4) is 0 Å². The van der Waals surface area contributed by atoms with Crippen molar-refractivity contribution in [1.82, 2.24) is 9.88 Å². The Morgan fingerprint density at radius 3 is 2.72 bits per heavy atom. The number of thiazole rings is 1. The maximum atomic E-state index is 12.5. The van der Waals surface area contributed by atoms with Crippen LogP contribution in [0.2, 0.25) is 0 Å². The summed E-state index contributed by atoms with van der Waals surface area (Å²) in [4.78, 5) is 5.77. The molecule has 1 aliphatic rings. The van der Waals surface area contributed by atoms with E-state index in [0.29, 0.717) is 35.6 Å². The molecular formula is C11H15F3N2OS. The van der Waals surface area contributed by atoms with Gasteiger partial charge in [-0.05, 0) is 32.9 Å². The number of hydrogen-bond donors (Lipinski definition) is 1. The molecule has 0 aromatic carbocycles. The van der Waals surface area contributed by atoms with Crippen LogP contribution < -0.4 is 0 Å². The summed E-state index contributed by atoms with van der Waals surface area (Å²) in [6, 6.07) is 0. The van der Waals surface area contributed by atoms with E-state index in [4.69, 9.17) is 0 Å².